The fraction of sp³-hybridized carbons (Fsp3) is 0.360. The third kappa shape index (κ3) is 5.28. The number of nitrogens with one attached hydrogen (secondary N) is 1. The van der Waals surface area contributed by atoms with Crippen molar-refractivity contribution in [2.45, 2.75) is 53.1 Å². The van der Waals surface area contributed by atoms with Crippen LogP contribution in [0, 0.1) is 6.92 Å². The van der Waals surface area contributed by atoms with Crippen molar-refractivity contribution in [3.8, 4) is 5.75 Å². The predicted molar refractivity (Wildman–Crippen MR) is 129 cm³/mol. The predicted octanol–water partition coefficient (Wildman–Crippen LogP) is 5.59. The van der Waals surface area contributed by atoms with Crippen LogP contribution in [0.4, 0.5) is 5.69 Å². The molecule has 0 spiro atoms. The van der Waals surface area contributed by atoms with Crippen molar-refractivity contribution in [1.29, 1.82) is 0 Å². The van der Waals surface area contributed by atoms with E-state index >= 15 is 0 Å². The Morgan fingerprint density at radius 3 is 2.68 bits per heavy atom. The molecule has 2 aromatic rings. The summed E-state index contributed by atoms with van der Waals surface area (Å²) in [6.07, 6.45) is 3.99. The van der Waals surface area contributed by atoms with Crippen LogP contribution in [0.3, 0.4) is 0 Å². The average molecular weight is 440 g/mol. The summed E-state index contributed by atoms with van der Waals surface area (Å²) in [5.74, 6) is 0.202. The van der Waals surface area contributed by atoms with E-state index < -0.39 is 0 Å². The topological polar surface area (TPSA) is 53.9 Å². The molecule has 0 radical (unpaired) electrons. The van der Waals surface area contributed by atoms with E-state index in [2.05, 4.69) is 75.2 Å². The number of carbonyl (C=O) groups excluding carboxylic acids is 1. The molecule has 0 saturated heterocycles. The zero-order chi connectivity index (χ0) is 22.8. The van der Waals surface area contributed by atoms with Gasteiger partial charge in [0.2, 0.25) is 0 Å². The summed E-state index contributed by atoms with van der Waals surface area (Å²) in [5, 5.41) is 4.68. The molecular weight excluding hydrogens is 410 g/mol. The molecule has 0 saturated carbocycles. The minimum absolute atomic E-state index is 0.0513. The lowest BCUT2D eigenvalue weighted by atomic mass is 9.86. The van der Waals surface area contributed by atoms with Crippen LogP contribution in [-0.4, -0.2) is 30.3 Å². The Kier molecular flexibility index (Phi) is 6.75. The summed E-state index contributed by atoms with van der Waals surface area (Å²) < 4.78 is 5.43. The molecule has 1 amide bonds. The number of allylic oxidation sites excluding steroid dienone is 1. The Bertz CT molecular complexity index is 1040. The van der Waals surface area contributed by atoms with Gasteiger partial charge >= 0.3 is 0 Å². The van der Waals surface area contributed by atoms with E-state index in [4.69, 9.17) is 16.3 Å². The lowest BCUT2D eigenvalue weighted by molar-refractivity contribution is -0.123. The molecule has 5 nitrogen and oxygen atoms in total. The molecule has 6 heteroatoms. The van der Waals surface area contributed by atoms with Crippen LogP contribution >= 0.6 is 11.6 Å². The number of fused-ring (bicyclic) bond motifs is 1. The number of benzene rings is 2. The largest absolute Gasteiger partial charge is 0.484 e. The number of hydrogen-bond acceptors (Lipinski definition) is 4. The third-order valence-corrected chi connectivity index (χ3v) is 5.57. The van der Waals surface area contributed by atoms with Crippen LogP contribution in [0.5, 0.6) is 5.75 Å². The molecule has 0 aromatic heterocycles. The van der Waals surface area contributed by atoms with E-state index in [1.165, 1.54) is 16.8 Å². The molecule has 31 heavy (non-hydrogen) atoms. The van der Waals surface area contributed by atoms with Crippen molar-refractivity contribution >= 4 is 35.0 Å². The van der Waals surface area contributed by atoms with E-state index in [9.17, 15) is 4.79 Å². The number of nitrogens with zero attached hydrogens (tertiary/aromatic N) is 2. The molecule has 0 atom stereocenters. The van der Waals surface area contributed by atoms with Crippen molar-refractivity contribution in [2.75, 3.05) is 11.5 Å². The van der Waals surface area contributed by atoms with Crippen molar-refractivity contribution in [3.63, 3.8) is 0 Å². The van der Waals surface area contributed by atoms with E-state index in [-0.39, 0.29) is 18.1 Å². The molecule has 0 bridgehead atoms. The van der Waals surface area contributed by atoms with Gasteiger partial charge in [-0.05, 0) is 88.6 Å². The molecule has 2 aromatic carbocycles. The van der Waals surface area contributed by atoms with E-state index in [0.717, 1.165) is 11.1 Å². The third-order valence-electron chi connectivity index (χ3n) is 5.33. The summed E-state index contributed by atoms with van der Waals surface area (Å²) in [6.45, 7) is 13.0. The second-order valence-electron chi connectivity index (χ2n) is 8.71. The van der Waals surface area contributed by atoms with Gasteiger partial charge in [0.15, 0.2) is 6.61 Å². The Balaban J connectivity index is 1.72. The average Bonchev–Trinajstić information content (AvgIpc) is 2.66. The summed E-state index contributed by atoms with van der Waals surface area (Å²) in [4.78, 5) is 14.5. The fourth-order valence-electron chi connectivity index (χ4n) is 4.21. The Morgan fingerprint density at radius 1 is 1.26 bits per heavy atom. The highest BCUT2D eigenvalue weighted by molar-refractivity contribution is 6.30. The SMILES string of the molecule is CC1=CC(C)(C)N(C(C)C)c2cc(C)c(/C=N\NC(=O)COc3cccc(Cl)c3)cc21. The number of halogens is 1. The number of hydrazone groups is 1. The van der Waals surface area contributed by atoms with Gasteiger partial charge in [-0.1, -0.05) is 23.7 Å². The highest BCUT2D eigenvalue weighted by atomic mass is 35.5. The van der Waals surface area contributed by atoms with Gasteiger partial charge in [0.25, 0.3) is 5.91 Å². The summed E-state index contributed by atoms with van der Waals surface area (Å²) in [5.41, 5.74) is 8.20. The summed E-state index contributed by atoms with van der Waals surface area (Å²) in [6, 6.07) is 11.6. The lowest BCUT2D eigenvalue weighted by Gasteiger charge is -2.46. The molecule has 1 heterocycles. The summed E-state index contributed by atoms with van der Waals surface area (Å²) >= 11 is 5.92. The number of carbonyl (C=O) groups is 1. The lowest BCUT2D eigenvalue weighted by Crippen LogP contribution is -2.49. The monoisotopic (exact) mass is 439 g/mol. The Labute approximate surface area is 189 Å². The van der Waals surface area contributed by atoms with Crippen LogP contribution in [0.1, 0.15) is 51.3 Å². The standard InChI is InChI=1S/C25H30ClN3O2/c1-16(2)29-23-10-17(3)19(11-22(23)18(4)13-25(29,5)6)14-27-28-24(30)15-31-21-9-7-8-20(26)12-21/h7-14,16H,15H2,1-6H3,(H,28,30)/b27-14-. The van der Waals surface area contributed by atoms with Gasteiger partial charge in [0.1, 0.15) is 5.75 Å². The second kappa shape index (κ2) is 9.15. The molecular formula is C25H30ClN3O2. The number of rotatable bonds is 6. The second-order valence-corrected chi connectivity index (χ2v) is 9.15. The number of amides is 1. The van der Waals surface area contributed by atoms with Gasteiger partial charge in [-0.3, -0.25) is 4.79 Å². The first-order valence-electron chi connectivity index (χ1n) is 10.4. The van der Waals surface area contributed by atoms with Gasteiger partial charge in [0, 0.05) is 22.3 Å². The smallest absolute Gasteiger partial charge is 0.277 e. The first kappa shape index (κ1) is 22.9. The van der Waals surface area contributed by atoms with Crippen molar-refractivity contribution in [1.82, 2.24) is 5.43 Å². The van der Waals surface area contributed by atoms with Crippen LogP contribution in [0.2, 0.25) is 5.02 Å². The van der Waals surface area contributed by atoms with E-state index in [1.807, 2.05) is 0 Å². The minimum atomic E-state index is -0.337. The van der Waals surface area contributed by atoms with E-state index in [1.54, 1.807) is 30.5 Å². The van der Waals surface area contributed by atoms with Crippen molar-refractivity contribution in [2.24, 2.45) is 5.10 Å². The van der Waals surface area contributed by atoms with Gasteiger partial charge in [-0.2, -0.15) is 5.10 Å². The van der Waals surface area contributed by atoms with Gasteiger partial charge in [0.05, 0.1) is 11.8 Å². The van der Waals surface area contributed by atoms with Crippen LogP contribution < -0.4 is 15.1 Å². The minimum Gasteiger partial charge on any atom is -0.484 e. The molecule has 1 N–H and O–H groups in total. The van der Waals surface area contributed by atoms with Crippen molar-refractivity contribution < 1.29 is 9.53 Å². The molecule has 164 valence electrons. The van der Waals surface area contributed by atoms with Crippen molar-refractivity contribution in [3.05, 3.63) is 64.2 Å². The maximum absolute atomic E-state index is 12.1. The Hall–Kier alpha value is -2.79. The maximum atomic E-state index is 12.1. The number of aryl methyl sites for hydroxylation is 1. The van der Waals surface area contributed by atoms with Crippen LogP contribution in [0.15, 0.2) is 47.6 Å². The Morgan fingerprint density at radius 2 is 2.00 bits per heavy atom. The summed E-state index contributed by atoms with van der Waals surface area (Å²) in [7, 11) is 0. The normalized spacial score (nSPS) is 15.1. The zero-order valence-electron chi connectivity index (χ0n) is 19.0. The maximum Gasteiger partial charge on any atom is 0.277 e. The number of ether oxygens (including phenoxy) is 1. The molecule has 3 rings (SSSR count). The van der Waals surface area contributed by atoms with E-state index in [0.29, 0.717) is 16.8 Å². The van der Waals surface area contributed by atoms with Crippen LogP contribution in [0.25, 0.3) is 5.57 Å². The van der Waals surface area contributed by atoms with Gasteiger partial charge < -0.3 is 9.64 Å². The van der Waals surface area contributed by atoms with Gasteiger partial charge in [-0.25, -0.2) is 5.43 Å². The first-order chi connectivity index (χ1) is 14.6. The quantitative estimate of drug-likeness (QED) is 0.471. The highest BCUT2D eigenvalue weighted by Gasteiger charge is 2.33. The molecule has 1 aliphatic rings. The highest BCUT2D eigenvalue weighted by Crippen LogP contribution is 2.41. The number of hydrogen-bond donors (Lipinski definition) is 1. The molecule has 1 aliphatic heterocycles. The first-order valence-corrected chi connectivity index (χ1v) is 10.8. The fourth-order valence-corrected chi connectivity index (χ4v) is 4.39. The van der Waals surface area contributed by atoms with Gasteiger partial charge in [-0.15, -0.1) is 0 Å². The van der Waals surface area contributed by atoms with Crippen LogP contribution in [-0.2, 0) is 4.79 Å². The zero-order valence-corrected chi connectivity index (χ0v) is 19.7. The molecule has 0 fully saturated rings. The molecule has 0 unspecified atom stereocenters. The number of anilines is 1. The molecule has 0 aliphatic carbocycles.